The Kier molecular flexibility index (Phi) is 9.33. The quantitative estimate of drug-likeness (QED) is 0.266. The molecule has 1 heterocycles. The van der Waals surface area contributed by atoms with Crippen molar-refractivity contribution in [3.63, 3.8) is 0 Å². The maximum absolute atomic E-state index is 13.2. The summed E-state index contributed by atoms with van der Waals surface area (Å²) in [6, 6.07) is 12.7. The van der Waals surface area contributed by atoms with Gasteiger partial charge in [0.1, 0.15) is 5.75 Å². The number of amides is 2. The first-order valence-electron chi connectivity index (χ1n) is 11.9. The summed E-state index contributed by atoms with van der Waals surface area (Å²) in [4.78, 5) is 27.8. The minimum atomic E-state index is -0.465. The number of carbonyl (C=O) groups excluding carboxylic acids is 2. The molecule has 0 radical (unpaired) electrons. The highest BCUT2D eigenvalue weighted by molar-refractivity contribution is 5.97. The second-order valence-corrected chi connectivity index (χ2v) is 8.62. The van der Waals surface area contributed by atoms with Crippen LogP contribution in [0.25, 0.3) is 10.9 Å². The Morgan fingerprint density at radius 1 is 1.17 bits per heavy atom. The van der Waals surface area contributed by atoms with Crippen LogP contribution in [0.1, 0.15) is 54.6 Å². The van der Waals surface area contributed by atoms with E-state index in [1.807, 2.05) is 50.4 Å². The second-order valence-electron chi connectivity index (χ2n) is 8.62. The lowest BCUT2D eigenvalue weighted by molar-refractivity contribution is -0.120. The van der Waals surface area contributed by atoms with Crippen molar-refractivity contribution in [2.24, 2.45) is 0 Å². The van der Waals surface area contributed by atoms with Gasteiger partial charge < -0.3 is 25.5 Å². The topological polar surface area (TPSA) is 103 Å². The van der Waals surface area contributed by atoms with Crippen LogP contribution in [0.2, 0.25) is 0 Å². The Hall–Kier alpha value is -3.76. The van der Waals surface area contributed by atoms with E-state index >= 15 is 0 Å². The number of aliphatic hydroxyl groups is 1. The number of benzene rings is 2. The number of ether oxygens (including phenoxy) is 1. The van der Waals surface area contributed by atoms with Gasteiger partial charge in [-0.3, -0.25) is 9.59 Å². The highest BCUT2D eigenvalue weighted by Gasteiger charge is 2.19. The lowest BCUT2D eigenvalue weighted by Crippen LogP contribution is -2.39. The molecule has 1 unspecified atom stereocenters. The zero-order chi connectivity index (χ0) is 25.2. The van der Waals surface area contributed by atoms with Crippen molar-refractivity contribution >= 4 is 22.7 Å². The largest absolute Gasteiger partial charge is 0.490 e. The van der Waals surface area contributed by atoms with E-state index in [4.69, 9.17) is 4.74 Å². The molecular weight excluding hydrogens is 442 g/mol. The Bertz CT molecular complexity index is 1220. The highest BCUT2D eigenvalue weighted by Crippen LogP contribution is 2.23. The molecule has 1 atom stereocenters. The lowest BCUT2D eigenvalue weighted by atomic mass is 10.0. The predicted molar refractivity (Wildman–Crippen MR) is 137 cm³/mol. The molecule has 2 aromatic carbocycles. The first kappa shape index (κ1) is 25.9. The van der Waals surface area contributed by atoms with Gasteiger partial charge in [0, 0.05) is 42.6 Å². The molecule has 0 aliphatic carbocycles. The summed E-state index contributed by atoms with van der Waals surface area (Å²) in [5, 5.41) is 16.6. The molecule has 2 amide bonds. The van der Waals surface area contributed by atoms with Gasteiger partial charge in [-0.05, 0) is 56.5 Å². The molecule has 7 heteroatoms. The average molecular weight is 476 g/mol. The first-order valence-corrected chi connectivity index (χ1v) is 11.9. The molecule has 0 bridgehead atoms. The summed E-state index contributed by atoms with van der Waals surface area (Å²) < 4.78 is 5.86. The van der Waals surface area contributed by atoms with E-state index in [-0.39, 0.29) is 24.5 Å². The van der Waals surface area contributed by atoms with Crippen LogP contribution in [0.4, 0.5) is 0 Å². The smallest absolute Gasteiger partial charge is 0.255 e. The zero-order valence-electron chi connectivity index (χ0n) is 20.5. The number of carbonyl (C=O) groups is 2. The zero-order valence-corrected chi connectivity index (χ0v) is 20.5. The molecule has 0 saturated heterocycles. The molecule has 1 aromatic heterocycles. The minimum Gasteiger partial charge on any atom is -0.490 e. The summed E-state index contributed by atoms with van der Waals surface area (Å²) in [5.41, 5.74) is 3.09. The number of aliphatic hydroxyl groups excluding tert-OH is 1. The molecule has 3 rings (SSSR count). The molecule has 184 valence electrons. The van der Waals surface area contributed by atoms with E-state index in [9.17, 15) is 14.7 Å². The van der Waals surface area contributed by atoms with Gasteiger partial charge in [0.05, 0.1) is 24.3 Å². The third-order valence-corrected chi connectivity index (χ3v) is 5.50. The number of rotatable bonds is 10. The van der Waals surface area contributed by atoms with Gasteiger partial charge in [-0.1, -0.05) is 30.0 Å². The highest BCUT2D eigenvalue weighted by atomic mass is 16.5. The van der Waals surface area contributed by atoms with E-state index in [2.05, 4.69) is 27.5 Å². The van der Waals surface area contributed by atoms with Crippen molar-refractivity contribution in [3.8, 4) is 17.6 Å². The van der Waals surface area contributed by atoms with Crippen LogP contribution in [0.5, 0.6) is 5.75 Å². The number of hydrogen-bond donors (Lipinski definition) is 4. The van der Waals surface area contributed by atoms with Crippen LogP contribution in [-0.4, -0.2) is 47.7 Å². The summed E-state index contributed by atoms with van der Waals surface area (Å²) in [6.07, 6.45) is 3.96. The summed E-state index contributed by atoms with van der Waals surface area (Å²) in [7, 11) is 1.61. The molecule has 0 fully saturated rings. The first-order chi connectivity index (χ1) is 16.9. The van der Waals surface area contributed by atoms with Crippen LogP contribution >= 0.6 is 0 Å². The normalized spacial score (nSPS) is 11.6. The number of aromatic amines is 1. The molecule has 0 aliphatic heterocycles. The van der Waals surface area contributed by atoms with Gasteiger partial charge >= 0.3 is 0 Å². The van der Waals surface area contributed by atoms with Gasteiger partial charge in [-0.15, -0.1) is 0 Å². The number of H-pyrrole nitrogens is 1. The SMILES string of the molecule is CNC(=O)CCCC#Cc1ccc(OC(C)C)c(C(=O)NC(CO)Cc2c[nH]c3ccccc23)c1. The number of para-hydroxylation sites is 1. The minimum absolute atomic E-state index is 0.00739. The van der Waals surface area contributed by atoms with Crippen molar-refractivity contribution in [3.05, 3.63) is 65.4 Å². The van der Waals surface area contributed by atoms with Crippen LogP contribution in [0, 0.1) is 11.8 Å². The van der Waals surface area contributed by atoms with Crippen LogP contribution in [-0.2, 0) is 11.2 Å². The molecule has 0 aliphatic rings. The van der Waals surface area contributed by atoms with Crippen LogP contribution in [0.3, 0.4) is 0 Å². The molecular formula is C28H33N3O4. The third kappa shape index (κ3) is 7.36. The summed E-state index contributed by atoms with van der Waals surface area (Å²) in [5.74, 6) is 6.25. The Morgan fingerprint density at radius 2 is 1.97 bits per heavy atom. The maximum atomic E-state index is 13.2. The Balaban J connectivity index is 1.75. The molecule has 4 N–H and O–H groups in total. The Morgan fingerprint density at radius 3 is 2.71 bits per heavy atom. The molecule has 0 saturated carbocycles. The van der Waals surface area contributed by atoms with Gasteiger partial charge in [0.2, 0.25) is 5.91 Å². The summed E-state index contributed by atoms with van der Waals surface area (Å²) >= 11 is 0. The van der Waals surface area contributed by atoms with Crippen LogP contribution in [0.15, 0.2) is 48.7 Å². The monoisotopic (exact) mass is 475 g/mol. The van der Waals surface area contributed by atoms with E-state index in [0.717, 1.165) is 16.5 Å². The Labute approximate surface area is 206 Å². The second kappa shape index (κ2) is 12.6. The van der Waals surface area contributed by atoms with Gasteiger partial charge in [0.25, 0.3) is 5.91 Å². The maximum Gasteiger partial charge on any atom is 0.255 e. The van der Waals surface area contributed by atoms with Crippen molar-refractivity contribution in [2.75, 3.05) is 13.7 Å². The third-order valence-electron chi connectivity index (χ3n) is 5.50. The summed E-state index contributed by atoms with van der Waals surface area (Å²) in [6.45, 7) is 3.60. The number of nitrogens with one attached hydrogen (secondary N) is 3. The fourth-order valence-electron chi connectivity index (χ4n) is 3.76. The van der Waals surface area contributed by atoms with Gasteiger partial charge in [0.15, 0.2) is 0 Å². The molecule has 3 aromatic rings. The van der Waals surface area contributed by atoms with Crippen molar-refractivity contribution in [1.82, 2.24) is 15.6 Å². The van der Waals surface area contributed by atoms with E-state index < -0.39 is 6.04 Å². The van der Waals surface area contributed by atoms with Crippen LogP contribution < -0.4 is 15.4 Å². The number of fused-ring (bicyclic) bond motifs is 1. The number of aromatic nitrogens is 1. The molecule has 0 spiro atoms. The van der Waals surface area contributed by atoms with E-state index in [1.165, 1.54) is 0 Å². The number of hydrogen-bond acceptors (Lipinski definition) is 4. The average Bonchev–Trinajstić information content (AvgIpc) is 3.26. The number of unbranched alkanes of at least 4 members (excludes halogenated alkanes) is 1. The van der Waals surface area contributed by atoms with E-state index in [1.54, 1.807) is 19.2 Å². The molecule has 7 nitrogen and oxygen atoms in total. The standard InChI is InChI=1S/C28H33N3O4/c1-19(2)35-26-14-13-20(9-5-4-6-12-27(33)29-3)15-24(26)28(34)31-22(18-32)16-21-17-30-25-11-8-7-10-23(21)25/h7-8,10-11,13-15,17,19,22,30,32H,4,6,12,16,18H2,1-3H3,(H,29,33)(H,31,34). The van der Waals surface area contributed by atoms with Gasteiger partial charge in [-0.25, -0.2) is 0 Å². The fourth-order valence-corrected chi connectivity index (χ4v) is 3.76. The van der Waals surface area contributed by atoms with Crippen molar-refractivity contribution in [1.29, 1.82) is 0 Å². The van der Waals surface area contributed by atoms with Crippen molar-refractivity contribution in [2.45, 2.75) is 51.7 Å². The van der Waals surface area contributed by atoms with Gasteiger partial charge in [-0.2, -0.15) is 0 Å². The van der Waals surface area contributed by atoms with E-state index in [0.29, 0.717) is 42.6 Å². The lowest BCUT2D eigenvalue weighted by Gasteiger charge is -2.19. The van der Waals surface area contributed by atoms with Crippen molar-refractivity contribution < 1.29 is 19.4 Å². The molecule has 35 heavy (non-hydrogen) atoms. The predicted octanol–water partition coefficient (Wildman–Crippen LogP) is 3.56. The fraction of sp³-hybridized carbons (Fsp3) is 0.357.